The van der Waals surface area contributed by atoms with Gasteiger partial charge >= 0.3 is 0 Å². The first-order valence-corrected chi connectivity index (χ1v) is 12.3. The monoisotopic (exact) mass is 418 g/mol. The lowest BCUT2D eigenvalue weighted by molar-refractivity contribution is -0.169. The molecule has 30 heavy (non-hydrogen) atoms. The molecule has 1 aliphatic heterocycles. The van der Waals surface area contributed by atoms with Gasteiger partial charge in [0.15, 0.2) is 6.29 Å². The molecule has 1 atom stereocenters. The fourth-order valence-corrected chi connectivity index (χ4v) is 3.21. The second kappa shape index (κ2) is 22.5. The molecule has 0 spiro atoms. The van der Waals surface area contributed by atoms with Crippen molar-refractivity contribution in [1.82, 2.24) is 0 Å². The summed E-state index contributed by atoms with van der Waals surface area (Å²) in [6.07, 6.45) is 33.3. The second-order valence-corrected chi connectivity index (χ2v) is 7.86. The summed E-state index contributed by atoms with van der Waals surface area (Å²) in [5.74, 6) is 0. The minimum atomic E-state index is -0.000168. The van der Waals surface area contributed by atoms with E-state index in [9.17, 15) is 0 Å². The zero-order chi connectivity index (χ0) is 21.4. The third kappa shape index (κ3) is 18.8. The Morgan fingerprint density at radius 1 is 0.700 bits per heavy atom. The van der Waals surface area contributed by atoms with Crippen molar-refractivity contribution in [2.75, 3.05) is 26.4 Å². The summed E-state index contributed by atoms with van der Waals surface area (Å²) in [5, 5.41) is 0. The Kier molecular flexibility index (Phi) is 20.2. The van der Waals surface area contributed by atoms with E-state index in [-0.39, 0.29) is 6.29 Å². The SMILES string of the molecule is CCCCC/C=C\C/C=C\C/C=C\C/C=C\CCCCOCCOC1CCCCO1. The molecular weight excluding hydrogens is 372 g/mol. The number of unbranched alkanes of at least 4 members (excludes halogenated alkanes) is 5. The van der Waals surface area contributed by atoms with Crippen LogP contribution in [0.15, 0.2) is 48.6 Å². The van der Waals surface area contributed by atoms with Gasteiger partial charge in [0.1, 0.15) is 0 Å². The van der Waals surface area contributed by atoms with E-state index in [2.05, 4.69) is 55.5 Å². The van der Waals surface area contributed by atoms with E-state index in [1.807, 2.05) is 0 Å². The number of ether oxygens (including phenoxy) is 3. The Hall–Kier alpha value is -1.16. The third-order valence-corrected chi connectivity index (χ3v) is 5.04. The Balaban J connectivity index is 1.79. The molecular formula is C27H46O3. The largest absolute Gasteiger partial charge is 0.379 e. The van der Waals surface area contributed by atoms with Gasteiger partial charge in [0.25, 0.3) is 0 Å². The van der Waals surface area contributed by atoms with Crippen molar-refractivity contribution < 1.29 is 14.2 Å². The molecule has 0 radical (unpaired) electrons. The zero-order valence-electron chi connectivity index (χ0n) is 19.4. The minimum Gasteiger partial charge on any atom is -0.379 e. The summed E-state index contributed by atoms with van der Waals surface area (Å²) in [6, 6.07) is 0. The molecule has 1 rings (SSSR count). The topological polar surface area (TPSA) is 27.7 Å². The van der Waals surface area contributed by atoms with E-state index >= 15 is 0 Å². The standard InChI is InChI=1S/C27H46O3/c1-2-3-4-5-6-7-8-9-10-11-12-13-14-15-16-17-18-20-23-28-25-26-30-27-22-19-21-24-29-27/h6-7,9-10,12-13,15-16,27H,2-5,8,11,14,17-26H2,1H3/b7-6-,10-9-,13-12-,16-15-. The molecule has 1 saturated heterocycles. The Morgan fingerprint density at radius 3 is 1.93 bits per heavy atom. The van der Waals surface area contributed by atoms with E-state index in [4.69, 9.17) is 14.2 Å². The van der Waals surface area contributed by atoms with Crippen LogP contribution < -0.4 is 0 Å². The lowest BCUT2D eigenvalue weighted by atomic mass is 10.2. The summed E-state index contributed by atoms with van der Waals surface area (Å²) in [6.45, 7) is 5.22. The van der Waals surface area contributed by atoms with Gasteiger partial charge in [-0.2, -0.15) is 0 Å². The molecule has 0 aromatic rings. The van der Waals surface area contributed by atoms with Crippen molar-refractivity contribution in [1.29, 1.82) is 0 Å². The molecule has 172 valence electrons. The summed E-state index contributed by atoms with van der Waals surface area (Å²) < 4.78 is 16.8. The molecule has 0 bridgehead atoms. The highest BCUT2D eigenvalue weighted by atomic mass is 16.7. The molecule has 3 nitrogen and oxygen atoms in total. The molecule has 0 amide bonds. The summed E-state index contributed by atoms with van der Waals surface area (Å²) in [4.78, 5) is 0. The van der Waals surface area contributed by atoms with Crippen LogP contribution in [0.3, 0.4) is 0 Å². The first-order chi connectivity index (χ1) is 14.9. The highest BCUT2D eigenvalue weighted by Crippen LogP contribution is 2.13. The average Bonchev–Trinajstić information content (AvgIpc) is 2.78. The molecule has 1 unspecified atom stereocenters. The molecule has 0 N–H and O–H groups in total. The van der Waals surface area contributed by atoms with Gasteiger partial charge in [0.05, 0.1) is 13.2 Å². The van der Waals surface area contributed by atoms with Crippen molar-refractivity contribution in [3.05, 3.63) is 48.6 Å². The Morgan fingerprint density at radius 2 is 1.33 bits per heavy atom. The second-order valence-electron chi connectivity index (χ2n) is 7.86. The van der Waals surface area contributed by atoms with Gasteiger partial charge in [0, 0.05) is 13.2 Å². The highest BCUT2D eigenvalue weighted by Gasteiger charge is 2.13. The lowest BCUT2D eigenvalue weighted by Gasteiger charge is -2.22. The van der Waals surface area contributed by atoms with Crippen LogP contribution in [0.1, 0.15) is 90.4 Å². The predicted octanol–water partition coefficient (Wildman–Crippen LogP) is 7.69. The van der Waals surface area contributed by atoms with Crippen LogP contribution in [-0.4, -0.2) is 32.7 Å². The number of allylic oxidation sites excluding steroid dienone is 8. The molecule has 0 aromatic carbocycles. The first-order valence-electron chi connectivity index (χ1n) is 12.3. The predicted molar refractivity (Wildman–Crippen MR) is 129 cm³/mol. The van der Waals surface area contributed by atoms with Crippen LogP contribution in [0.2, 0.25) is 0 Å². The van der Waals surface area contributed by atoms with Gasteiger partial charge in [0.2, 0.25) is 0 Å². The smallest absolute Gasteiger partial charge is 0.157 e. The Labute approximate surface area is 186 Å². The van der Waals surface area contributed by atoms with E-state index in [1.165, 1.54) is 38.5 Å². The molecule has 1 fully saturated rings. The molecule has 0 aromatic heterocycles. The molecule has 0 saturated carbocycles. The highest BCUT2D eigenvalue weighted by molar-refractivity contribution is 4.99. The van der Waals surface area contributed by atoms with Crippen LogP contribution in [0.5, 0.6) is 0 Å². The van der Waals surface area contributed by atoms with Gasteiger partial charge < -0.3 is 14.2 Å². The fourth-order valence-electron chi connectivity index (χ4n) is 3.21. The fraction of sp³-hybridized carbons (Fsp3) is 0.704. The summed E-state index contributed by atoms with van der Waals surface area (Å²) >= 11 is 0. The van der Waals surface area contributed by atoms with Crippen LogP contribution in [0.4, 0.5) is 0 Å². The van der Waals surface area contributed by atoms with Crippen LogP contribution in [-0.2, 0) is 14.2 Å². The lowest BCUT2D eigenvalue weighted by Crippen LogP contribution is -2.24. The van der Waals surface area contributed by atoms with Crippen molar-refractivity contribution in [3.8, 4) is 0 Å². The number of rotatable bonds is 19. The number of hydrogen-bond acceptors (Lipinski definition) is 3. The number of hydrogen-bond donors (Lipinski definition) is 0. The van der Waals surface area contributed by atoms with Crippen molar-refractivity contribution in [3.63, 3.8) is 0 Å². The maximum atomic E-state index is 5.65. The van der Waals surface area contributed by atoms with Crippen LogP contribution in [0, 0.1) is 0 Å². The van der Waals surface area contributed by atoms with Gasteiger partial charge in [-0.1, -0.05) is 68.4 Å². The molecule has 3 heteroatoms. The van der Waals surface area contributed by atoms with E-state index < -0.39 is 0 Å². The van der Waals surface area contributed by atoms with E-state index in [0.717, 1.165) is 58.2 Å². The first kappa shape index (κ1) is 26.9. The quantitative estimate of drug-likeness (QED) is 0.159. The van der Waals surface area contributed by atoms with E-state index in [0.29, 0.717) is 13.2 Å². The van der Waals surface area contributed by atoms with Gasteiger partial charge in [-0.25, -0.2) is 0 Å². The maximum Gasteiger partial charge on any atom is 0.157 e. The van der Waals surface area contributed by atoms with Crippen molar-refractivity contribution >= 4 is 0 Å². The average molecular weight is 419 g/mol. The summed E-state index contributed by atoms with van der Waals surface area (Å²) in [5.41, 5.74) is 0. The van der Waals surface area contributed by atoms with Crippen molar-refractivity contribution in [2.45, 2.75) is 96.7 Å². The van der Waals surface area contributed by atoms with E-state index in [1.54, 1.807) is 0 Å². The van der Waals surface area contributed by atoms with Crippen molar-refractivity contribution in [2.24, 2.45) is 0 Å². The third-order valence-electron chi connectivity index (χ3n) is 5.04. The molecule has 1 heterocycles. The van der Waals surface area contributed by atoms with Gasteiger partial charge in [-0.3, -0.25) is 0 Å². The van der Waals surface area contributed by atoms with Gasteiger partial charge in [-0.05, 0) is 70.6 Å². The minimum absolute atomic E-state index is 0.000168. The normalized spacial score (nSPS) is 18.0. The maximum absolute atomic E-state index is 5.65. The van der Waals surface area contributed by atoms with Gasteiger partial charge in [-0.15, -0.1) is 0 Å². The Bertz CT molecular complexity index is 459. The van der Waals surface area contributed by atoms with Crippen LogP contribution >= 0.6 is 0 Å². The zero-order valence-corrected chi connectivity index (χ0v) is 19.4. The van der Waals surface area contributed by atoms with Crippen LogP contribution in [0.25, 0.3) is 0 Å². The molecule has 1 aliphatic rings. The summed E-state index contributed by atoms with van der Waals surface area (Å²) in [7, 11) is 0. The molecule has 0 aliphatic carbocycles.